The van der Waals surface area contributed by atoms with Crippen molar-refractivity contribution in [3.8, 4) is 0 Å². The van der Waals surface area contributed by atoms with Crippen molar-refractivity contribution in [2.75, 3.05) is 0 Å². The van der Waals surface area contributed by atoms with Gasteiger partial charge in [-0.2, -0.15) is 0 Å². The number of hydrogen-bond donors (Lipinski definition) is 0. The summed E-state index contributed by atoms with van der Waals surface area (Å²) < 4.78 is 0.927. The molecular formula is C13H10Br2ClN. The quantitative estimate of drug-likeness (QED) is 0.674. The maximum absolute atomic E-state index is 5.98. The molecule has 0 radical (unpaired) electrons. The third-order valence-electron chi connectivity index (χ3n) is 2.47. The second-order valence-corrected chi connectivity index (χ2v) is 6.07. The molecule has 1 unspecified atom stereocenters. The van der Waals surface area contributed by atoms with Gasteiger partial charge in [-0.05, 0) is 57.7 Å². The van der Waals surface area contributed by atoms with Gasteiger partial charge in [0.15, 0.2) is 0 Å². The Bertz CT molecular complexity index is 502. The molecule has 1 aromatic heterocycles. The van der Waals surface area contributed by atoms with Crippen LogP contribution in [0.2, 0.25) is 5.02 Å². The molecule has 88 valence electrons. The van der Waals surface area contributed by atoms with Gasteiger partial charge < -0.3 is 0 Å². The van der Waals surface area contributed by atoms with Gasteiger partial charge in [0.05, 0.1) is 5.02 Å². The van der Waals surface area contributed by atoms with Crippen molar-refractivity contribution < 1.29 is 0 Å². The molecule has 0 amide bonds. The Morgan fingerprint density at radius 2 is 1.88 bits per heavy atom. The van der Waals surface area contributed by atoms with E-state index in [9.17, 15) is 0 Å². The van der Waals surface area contributed by atoms with Crippen LogP contribution < -0.4 is 0 Å². The summed E-state index contributed by atoms with van der Waals surface area (Å²) in [6, 6.07) is 10.0. The molecule has 1 heterocycles. The molecule has 0 aliphatic rings. The van der Waals surface area contributed by atoms with E-state index in [4.69, 9.17) is 11.6 Å². The van der Waals surface area contributed by atoms with E-state index in [1.165, 1.54) is 11.1 Å². The first kappa shape index (κ1) is 13.1. The summed E-state index contributed by atoms with van der Waals surface area (Å²) in [6.45, 7) is 0. The van der Waals surface area contributed by atoms with E-state index in [2.05, 4.69) is 36.8 Å². The standard InChI is InChI=1S/C13H10Br2ClN/c14-11(7-9-3-5-17-6-4-9)10-1-2-13(16)12(15)8-10/h1-6,8,11H,7H2. The Labute approximate surface area is 122 Å². The summed E-state index contributed by atoms with van der Waals surface area (Å²) >= 11 is 13.1. The van der Waals surface area contributed by atoms with Crippen LogP contribution in [0.15, 0.2) is 47.2 Å². The van der Waals surface area contributed by atoms with Crippen molar-refractivity contribution in [3.05, 3.63) is 63.3 Å². The number of aromatic nitrogens is 1. The number of halogens is 3. The van der Waals surface area contributed by atoms with Crippen LogP contribution in [0.5, 0.6) is 0 Å². The first-order valence-electron chi connectivity index (χ1n) is 5.15. The number of pyridine rings is 1. The van der Waals surface area contributed by atoms with Crippen molar-refractivity contribution in [3.63, 3.8) is 0 Å². The Hall–Kier alpha value is -0.380. The van der Waals surface area contributed by atoms with Gasteiger partial charge in [-0.15, -0.1) is 0 Å². The summed E-state index contributed by atoms with van der Waals surface area (Å²) in [5.41, 5.74) is 2.46. The molecule has 0 N–H and O–H groups in total. The van der Waals surface area contributed by atoms with Crippen LogP contribution in [0.1, 0.15) is 16.0 Å². The topological polar surface area (TPSA) is 12.9 Å². The minimum Gasteiger partial charge on any atom is -0.265 e. The highest BCUT2D eigenvalue weighted by Gasteiger charge is 2.10. The molecule has 2 rings (SSSR count). The average Bonchev–Trinajstić information content (AvgIpc) is 2.34. The van der Waals surface area contributed by atoms with Gasteiger partial charge >= 0.3 is 0 Å². The highest BCUT2D eigenvalue weighted by atomic mass is 79.9. The number of alkyl halides is 1. The van der Waals surface area contributed by atoms with Crippen molar-refractivity contribution >= 4 is 43.5 Å². The lowest BCUT2D eigenvalue weighted by molar-refractivity contribution is 0.943. The van der Waals surface area contributed by atoms with Crippen LogP contribution in [0, 0.1) is 0 Å². The maximum atomic E-state index is 5.98. The van der Waals surface area contributed by atoms with Crippen molar-refractivity contribution in [2.45, 2.75) is 11.2 Å². The predicted octanol–water partition coefficient (Wildman–Crippen LogP) is 5.18. The molecule has 4 heteroatoms. The van der Waals surface area contributed by atoms with E-state index in [0.717, 1.165) is 15.9 Å². The number of benzene rings is 1. The molecule has 1 atom stereocenters. The fourth-order valence-corrected chi connectivity index (χ4v) is 2.72. The molecule has 0 bridgehead atoms. The fraction of sp³-hybridized carbons (Fsp3) is 0.154. The smallest absolute Gasteiger partial charge is 0.0548 e. The van der Waals surface area contributed by atoms with Crippen LogP contribution in [0.3, 0.4) is 0 Å². The van der Waals surface area contributed by atoms with Crippen molar-refractivity contribution in [1.29, 1.82) is 0 Å². The Balaban J connectivity index is 2.14. The molecule has 1 aromatic carbocycles. The summed E-state index contributed by atoms with van der Waals surface area (Å²) in [7, 11) is 0. The SMILES string of the molecule is Clc1ccc(C(Br)Cc2ccncc2)cc1Br. The summed E-state index contributed by atoms with van der Waals surface area (Å²) in [5, 5.41) is 0.734. The van der Waals surface area contributed by atoms with Crippen molar-refractivity contribution in [1.82, 2.24) is 4.98 Å². The van der Waals surface area contributed by atoms with E-state index in [0.29, 0.717) is 0 Å². The minimum absolute atomic E-state index is 0.276. The van der Waals surface area contributed by atoms with Crippen LogP contribution in [0.4, 0.5) is 0 Å². The van der Waals surface area contributed by atoms with Crippen molar-refractivity contribution in [2.24, 2.45) is 0 Å². The molecule has 0 saturated carbocycles. The van der Waals surface area contributed by atoms with E-state index in [1.807, 2.05) is 42.7 Å². The molecular weight excluding hydrogens is 365 g/mol. The molecule has 17 heavy (non-hydrogen) atoms. The Kier molecular flexibility index (Phi) is 4.60. The highest BCUT2D eigenvalue weighted by molar-refractivity contribution is 9.10. The van der Waals surface area contributed by atoms with E-state index >= 15 is 0 Å². The summed E-state index contributed by atoms with van der Waals surface area (Å²) in [4.78, 5) is 4.29. The maximum Gasteiger partial charge on any atom is 0.0548 e. The molecule has 2 aromatic rings. The number of hydrogen-bond acceptors (Lipinski definition) is 1. The van der Waals surface area contributed by atoms with Gasteiger partial charge in [-0.25, -0.2) is 0 Å². The third-order valence-corrected chi connectivity index (χ3v) is 4.54. The third kappa shape index (κ3) is 3.54. The molecule has 0 saturated heterocycles. The molecule has 0 aliphatic carbocycles. The van der Waals surface area contributed by atoms with Gasteiger partial charge in [0.25, 0.3) is 0 Å². The van der Waals surface area contributed by atoms with E-state index in [1.54, 1.807) is 0 Å². The zero-order valence-corrected chi connectivity index (χ0v) is 12.8. The lowest BCUT2D eigenvalue weighted by Crippen LogP contribution is -1.95. The second-order valence-electron chi connectivity index (χ2n) is 3.70. The normalized spacial score (nSPS) is 12.4. The lowest BCUT2D eigenvalue weighted by atomic mass is 10.1. The zero-order valence-electron chi connectivity index (χ0n) is 8.91. The van der Waals surface area contributed by atoms with Gasteiger partial charge in [-0.1, -0.05) is 33.6 Å². The number of nitrogens with zero attached hydrogens (tertiary/aromatic N) is 1. The number of rotatable bonds is 3. The Morgan fingerprint density at radius 1 is 1.18 bits per heavy atom. The molecule has 1 nitrogen and oxygen atoms in total. The van der Waals surface area contributed by atoms with Crippen LogP contribution in [0.25, 0.3) is 0 Å². The van der Waals surface area contributed by atoms with Gasteiger partial charge in [-0.3, -0.25) is 4.98 Å². The minimum atomic E-state index is 0.276. The second kappa shape index (κ2) is 5.98. The van der Waals surface area contributed by atoms with Gasteiger partial charge in [0.2, 0.25) is 0 Å². The first-order valence-corrected chi connectivity index (χ1v) is 7.23. The zero-order chi connectivity index (χ0) is 12.3. The fourth-order valence-electron chi connectivity index (χ4n) is 1.55. The largest absolute Gasteiger partial charge is 0.265 e. The average molecular weight is 375 g/mol. The highest BCUT2D eigenvalue weighted by Crippen LogP contribution is 2.31. The summed E-state index contributed by atoms with van der Waals surface area (Å²) in [5.74, 6) is 0. The molecule has 0 spiro atoms. The Morgan fingerprint density at radius 3 is 2.53 bits per heavy atom. The lowest BCUT2D eigenvalue weighted by Gasteiger charge is -2.11. The van der Waals surface area contributed by atoms with Gasteiger partial charge in [0, 0.05) is 21.7 Å². The first-order chi connectivity index (χ1) is 8.16. The van der Waals surface area contributed by atoms with Crippen LogP contribution >= 0.6 is 43.5 Å². The van der Waals surface area contributed by atoms with Crippen LogP contribution in [-0.4, -0.2) is 4.98 Å². The van der Waals surface area contributed by atoms with E-state index in [-0.39, 0.29) is 4.83 Å². The molecule has 0 aliphatic heterocycles. The van der Waals surface area contributed by atoms with Gasteiger partial charge in [0.1, 0.15) is 0 Å². The van der Waals surface area contributed by atoms with Crippen LogP contribution in [-0.2, 0) is 6.42 Å². The molecule has 0 fully saturated rings. The predicted molar refractivity (Wildman–Crippen MR) is 78.8 cm³/mol. The summed E-state index contributed by atoms with van der Waals surface area (Å²) in [6.07, 6.45) is 4.55. The van der Waals surface area contributed by atoms with E-state index < -0.39 is 0 Å². The monoisotopic (exact) mass is 373 g/mol.